The van der Waals surface area contributed by atoms with Crippen LogP contribution in [0.15, 0.2) is 54.6 Å². The third kappa shape index (κ3) is 3.99. The van der Waals surface area contributed by atoms with Crippen LogP contribution in [0, 0.1) is 0 Å². The number of aliphatic hydroxyl groups is 1. The van der Waals surface area contributed by atoms with E-state index in [2.05, 4.69) is 0 Å². The molecule has 2 atom stereocenters. The van der Waals surface area contributed by atoms with Crippen LogP contribution < -0.4 is 0 Å². The maximum absolute atomic E-state index is 13.3. The minimum atomic E-state index is -1.07. The molecule has 3 nitrogen and oxygen atoms in total. The molecule has 0 fully saturated rings. The van der Waals surface area contributed by atoms with Gasteiger partial charge in [0.1, 0.15) is 0 Å². The van der Waals surface area contributed by atoms with E-state index in [9.17, 15) is 9.90 Å². The summed E-state index contributed by atoms with van der Waals surface area (Å²) in [4.78, 5) is 15.2. The molecule has 0 aromatic heterocycles. The van der Waals surface area contributed by atoms with Crippen molar-refractivity contribution in [2.45, 2.75) is 65.1 Å². The minimum absolute atomic E-state index is 0.0151. The zero-order valence-corrected chi connectivity index (χ0v) is 16.7. The van der Waals surface area contributed by atoms with E-state index in [0.717, 1.165) is 11.1 Å². The van der Waals surface area contributed by atoms with E-state index in [1.165, 1.54) is 0 Å². The normalized spacial score (nSPS) is 15.0. The van der Waals surface area contributed by atoms with Gasteiger partial charge < -0.3 is 10.0 Å². The maximum Gasteiger partial charge on any atom is 0.254 e. The van der Waals surface area contributed by atoms with Gasteiger partial charge in [0.15, 0.2) is 0 Å². The second-order valence-electron chi connectivity index (χ2n) is 7.72. The number of amides is 1. The first-order chi connectivity index (χ1) is 12.2. The van der Waals surface area contributed by atoms with Gasteiger partial charge in [0.05, 0.1) is 5.60 Å². The van der Waals surface area contributed by atoms with Crippen molar-refractivity contribution >= 4 is 5.91 Å². The molecular weight excluding hydrogens is 322 g/mol. The predicted molar refractivity (Wildman–Crippen MR) is 107 cm³/mol. The lowest BCUT2D eigenvalue weighted by atomic mass is 9.78. The highest BCUT2D eigenvalue weighted by atomic mass is 16.3. The van der Waals surface area contributed by atoms with Crippen molar-refractivity contribution in [3.05, 3.63) is 71.3 Å². The molecule has 1 unspecified atom stereocenters. The lowest BCUT2D eigenvalue weighted by molar-refractivity contribution is 0.0317. The Morgan fingerprint density at radius 3 is 1.92 bits per heavy atom. The summed E-state index contributed by atoms with van der Waals surface area (Å²) in [5.41, 5.74) is 1.31. The molecule has 26 heavy (non-hydrogen) atoms. The SMILES string of the molecule is CC(C)N(C(=O)c1ccccc1[C@H](C)C(C)(O)c1ccccc1)C(C)C. The Labute approximate surface area is 157 Å². The van der Waals surface area contributed by atoms with Crippen LogP contribution in [-0.4, -0.2) is 28.0 Å². The molecule has 0 heterocycles. The van der Waals surface area contributed by atoms with Crippen LogP contribution in [-0.2, 0) is 5.60 Å². The summed E-state index contributed by atoms with van der Waals surface area (Å²) in [6.45, 7) is 11.9. The van der Waals surface area contributed by atoms with E-state index in [1.807, 2.05) is 101 Å². The summed E-state index contributed by atoms with van der Waals surface area (Å²) in [6, 6.07) is 17.5. The van der Waals surface area contributed by atoms with Crippen molar-refractivity contribution in [2.24, 2.45) is 0 Å². The largest absolute Gasteiger partial charge is 0.385 e. The van der Waals surface area contributed by atoms with Gasteiger partial charge in [0, 0.05) is 23.6 Å². The summed E-state index contributed by atoms with van der Waals surface area (Å²) in [7, 11) is 0. The molecule has 0 bridgehead atoms. The zero-order chi connectivity index (χ0) is 19.5. The topological polar surface area (TPSA) is 40.5 Å². The van der Waals surface area contributed by atoms with Gasteiger partial charge in [-0.15, -0.1) is 0 Å². The lowest BCUT2D eigenvalue weighted by Gasteiger charge is -2.35. The van der Waals surface area contributed by atoms with E-state index in [1.54, 1.807) is 0 Å². The van der Waals surface area contributed by atoms with Crippen molar-refractivity contribution in [3.8, 4) is 0 Å². The molecule has 140 valence electrons. The number of hydrogen-bond acceptors (Lipinski definition) is 2. The Morgan fingerprint density at radius 1 is 0.885 bits per heavy atom. The zero-order valence-electron chi connectivity index (χ0n) is 16.7. The Balaban J connectivity index is 2.47. The van der Waals surface area contributed by atoms with Crippen LogP contribution in [0.1, 0.15) is 68.9 Å². The van der Waals surface area contributed by atoms with E-state index < -0.39 is 5.60 Å². The van der Waals surface area contributed by atoms with Gasteiger partial charge in [-0.05, 0) is 51.8 Å². The quantitative estimate of drug-likeness (QED) is 0.797. The third-order valence-electron chi connectivity index (χ3n) is 5.21. The Morgan fingerprint density at radius 2 is 1.38 bits per heavy atom. The molecular formula is C23H31NO2. The van der Waals surface area contributed by atoms with E-state index >= 15 is 0 Å². The van der Waals surface area contributed by atoms with Gasteiger partial charge in [-0.3, -0.25) is 4.79 Å². The number of carbonyl (C=O) groups excluding carboxylic acids is 1. The van der Waals surface area contributed by atoms with E-state index in [-0.39, 0.29) is 23.9 Å². The number of nitrogens with zero attached hydrogens (tertiary/aromatic N) is 1. The molecule has 0 saturated carbocycles. The average Bonchev–Trinajstić information content (AvgIpc) is 2.61. The number of benzene rings is 2. The highest BCUT2D eigenvalue weighted by Crippen LogP contribution is 2.38. The summed E-state index contributed by atoms with van der Waals surface area (Å²) in [6.07, 6.45) is 0. The number of carbonyl (C=O) groups is 1. The highest BCUT2D eigenvalue weighted by Gasteiger charge is 2.34. The van der Waals surface area contributed by atoms with Crippen molar-refractivity contribution < 1.29 is 9.90 Å². The third-order valence-corrected chi connectivity index (χ3v) is 5.21. The fourth-order valence-electron chi connectivity index (χ4n) is 3.60. The smallest absolute Gasteiger partial charge is 0.254 e. The van der Waals surface area contributed by atoms with Gasteiger partial charge in [0.2, 0.25) is 0 Å². The molecule has 0 aliphatic heterocycles. The van der Waals surface area contributed by atoms with Crippen LogP contribution in [0.25, 0.3) is 0 Å². The molecule has 0 spiro atoms. The maximum atomic E-state index is 13.3. The van der Waals surface area contributed by atoms with Crippen LogP contribution >= 0.6 is 0 Å². The molecule has 2 rings (SSSR count). The Bertz CT molecular complexity index is 727. The molecule has 2 aromatic rings. The van der Waals surface area contributed by atoms with Crippen LogP contribution in [0.3, 0.4) is 0 Å². The second-order valence-corrected chi connectivity index (χ2v) is 7.72. The van der Waals surface area contributed by atoms with Crippen LogP contribution in [0.2, 0.25) is 0 Å². The van der Waals surface area contributed by atoms with Crippen molar-refractivity contribution in [2.75, 3.05) is 0 Å². The molecule has 1 N–H and O–H groups in total. The highest BCUT2D eigenvalue weighted by molar-refractivity contribution is 5.96. The molecule has 0 aliphatic rings. The van der Waals surface area contributed by atoms with Crippen LogP contribution in [0.4, 0.5) is 0 Å². The summed E-state index contributed by atoms with van der Waals surface area (Å²) < 4.78 is 0. The molecule has 3 heteroatoms. The van der Waals surface area contributed by atoms with Gasteiger partial charge in [-0.2, -0.15) is 0 Å². The second kappa shape index (κ2) is 8.05. The summed E-state index contributed by atoms with van der Waals surface area (Å²) >= 11 is 0. The molecule has 0 aliphatic carbocycles. The standard InChI is InChI=1S/C23H31NO2/c1-16(2)24(17(3)4)22(25)21-15-11-10-14-20(21)18(5)23(6,26)19-12-8-7-9-13-19/h7-18,26H,1-6H3/t18-,23?/m0/s1. The predicted octanol–water partition coefficient (Wildman–Crippen LogP) is 4.96. The first kappa shape index (κ1) is 20.2. The Kier molecular flexibility index (Phi) is 6.25. The van der Waals surface area contributed by atoms with E-state index in [0.29, 0.717) is 5.56 Å². The average molecular weight is 354 g/mol. The monoisotopic (exact) mass is 353 g/mol. The van der Waals surface area contributed by atoms with E-state index in [4.69, 9.17) is 0 Å². The molecule has 2 aromatic carbocycles. The van der Waals surface area contributed by atoms with Gasteiger partial charge in [-0.25, -0.2) is 0 Å². The first-order valence-electron chi connectivity index (χ1n) is 9.37. The van der Waals surface area contributed by atoms with Crippen molar-refractivity contribution in [1.82, 2.24) is 4.90 Å². The van der Waals surface area contributed by atoms with Gasteiger partial charge >= 0.3 is 0 Å². The number of rotatable bonds is 6. The summed E-state index contributed by atoms with van der Waals surface area (Å²) in [5, 5.41) is 11.2. The molecule has 0 saturated heterocycles. The van der Waals surface area contributed by atoms with Gasteiger partial charge in [0.25, 0.3) is 5.91 Å². The minimum Gasteiger partial charge on any atom is -0.385 e. The Hall–Kier alpha value is -2.13. The lowest BCUT2D eigenvalue weighted by Crippen LogP contribution is -2.42. The fourth-order valence-corrected chi connectivity index (χ4v) is 3.60. The van der Waals surface area contributed by atoms with Crippen molar-refractivity contribution in [3.63, 3.8) is 0 Å². The molecule has 0 radical (unpaired) electrons. The summed E-state index contributed by atoms with van der Waals surface area (Å²) in [5.74, 6) is -0.215. The fraction of sp³-hybridized carbons (Fsp3) is 0.435. The van der Waals surface area contributed by atoms with Gasteiger partial charge in [-0.1, -0.05) is 55.5 Å². The first-order valence-corrected chi connectivity index (χ1v) is 9.37. The molecule has 1 amide bonds. The van der Waals surface area contributed by atoms with Crippen molar-refractivity contribution in [1.29, 1.82) is 0 Å². The number of hydrogen-bond donors (Lipinski definition) is 1. The van der Waals surface area contributed by atoms with Crippen LogP contribution in [0.5, 0.6) is 0 Å².